The van der Waals surface area contributed by atoms with Gasteiger partial charge in [0.05, 0.1) is 12.7 Å². The Morgan fingerprint density at radius 2 is 2.25 bits per heavy atom. The number of ether oxygens (including phenoxy) is 1. The van der Waals surface area contributed by atoms with Gasteiger partial charge in [-0.2, -0.15) is 4.31 Å². The van der Waals surface area contributed by atoms with E-state index in [2.05, 4.69) is 4.98 Å². The van der Waals surface area contributed by atoms with Crippen molar-refractivity contribution in [3.63, 3.8) is 0 Å². The standard InChI is InChI=1S/C12H22N4O3S/c1-4-15-7-12(14-10(15)3)20(17,18)16-6-11(5-13)19-8-9(16)2/h7,9,11H,4-6,8,13H2,1-3H3. The molecule has 0 bridgehead atoms. The van der Waals surface area contributed by atoms with E-state index < -0.39 is 10.0 Å². The van der Waals surface area contributed by atoms with Crippen LogP contribution in [0.5, 0.6) is 0 Å². The third-order valence-corrected chi connectivity index (χ3v) is 5.43. The van der Waals surface area contributed by atoms with E-state index in [1.807, 2.05) is 18.4 Å². The molecular formula is C12H22N4O3S. The first-order valence-corrected chi connectivity index (χ1v) is 8.21. The first kappa shape index (κ1) is 15.4. The number of hydrogen-bond acceptors (Lipinski definition) is 5. The van der Waals surface area contributed by atoms with Gasteiger partial charge < -0.3 is 15.0 Å². The van der Waals surface area contributed by atoms with Crippen molar-refractivity contribution in [3.8, 4) is 0 Å². The van der Waals surface area contributed by atoms with Crippen molar-refractivity contribution in [1.82, 2.24) is 13.9 Å². The molecule has 0 spiro atoms. The SMILES string of the molecule is CCn1cc(S(=O)(=O)N2CC(CN)OCC2C)nc1C. The van der Waals surface area contributed by atoms with Crippen molar-refractivity contribution in [2.24, 2.45) is 5.73 Å². The molecule has 1 aromatic rings. The maximum Gasteiger partial charge on any atom is 0.262 e. The van der Waals surface area contributed by atoms with Gasteiger partial charge in [-0.25, -0.2) is 13.4 Å². The van der Waals surface area contributed by atoms with Crippen LogP contribution in [0.2, 0.25) is 0 Å². The molecule has 1 aliphatic heterocycles. The molecule has 114 valence electrons. The summed E-state index contributed by atoms with van der Waals surface area (Å²) in [6, 6.07) is -0.213. The summed E-state index contributed by atoms with van der Waals surface area (Å²) in [5.74, 6) is 0.697. The Labute approximate surface area is 119 Å². The number of aromatic nitrogens is 2. The zero-order valence-corrected chi connectivity index (χ0v) is 12.9. The minimum Gasteiger partial charge on any atom is -0.374 e. The molecule has 0 aromatic carbocycles. The van der Waals surface area contributed by atoms with Gasteiger partial charge in [-0.05, 0) is 20.8 Å². The van der Waals surface area contributed by atoms with Crippen LogP contribution in [0.4, 0.5) is 0 Å². The minimum atomic E-state index is -3.60. The zero-order valence-electron chi connectivity index (χ0n) is 12.1. The van der Waals surface area contributed by atoms with E-state index >= 15 is 0 Å². The first-order valence-electron chi connectivity index (χ1n) is 6.77. The van der Waals surface area contributed by atoms with Crippen molar-refractivity contribution in [2.75, 3.05) is 19.7 Å². The van der Waals surface area contributed by atoms with E-state index in [1.165, 1.54) is 4.31 Å². The summed E-state index contributed by atoms with van der Waals surface area (Å²) in [4.78, 5) is 4.17. The Kier molecular flexibility index (Phi) is 4.48. The number of aryl methyl sites for hydroxylation is 2. The van der Waals surface area contributed by atoms with E-state index in [4.69, 9.17) is 10.5 Å². The average Bonchev–Trinajstić information content (AvgIpc) is 2.81. The topological polar surface area (TPSA) is 90.5 Å². The molecule has 1 saturated heterocycles. The van der Waals surface area contributed by atoms with Crippen molar-refractivity contribution < 1.29 is 13.2 Å². The third kappa shape index (κ3) is 2.73. The Morgan fingerprint density at radius 3 is 2.80 bits per heavy atom. The second kappa shape index (κ2) is 5.80. The van der Waals surface area contributed by atoms with Gasteiger partial charge in [0.15, 0.2) is 5.03 Å². The molecular weight excluding hydrogens is 280 g/mol. The second-order valence-electron chi connectivity index (χ2n) is 5.03. The van der Waals surface area contributed by atoms with E-state index in [1.54, 1.807) is 13.1 Å². The number of nitrogens with two attached hydrogens (primary N) is 1. The lowest BCUT2D eigenvalue weighted by atomic mass is 10.2. The summed E-state index contributed by atoms with van der Waals surface area (Å²) >= 11 is 0. The van der Waals surface area contributed by atoms with Gasteiger partial charge in [-0.15, -0.1) is 0 Å². The maximum absolute atomic E-state index is 12.7. The van der Waals surface area contributed by atoms with Crippen molar-refractivity contribution >= 4 is 10.0 Å². The third-order valence-electron chi connectivity index (χ3n) is 3.58. The summed E-state index contributed by atoms with van der Waals surface area (Å²) in [6.45, 7) is 7.21. The number of sulfonamides is 1. The highest BCUT2D eigenvalue weighted by atomic mass is 32.2. The molecule has 20 heavy (non-hydrogen) atoms. The van der Waals surface area contributed by atoms with Crippen LogP contribution >= 0.6 is 0 Å². The molecule has 0 saturated carbocycles. The normalized spacial score (nSPS) is 25.0. The molecule has 0 radical (unpaired) electrons. The number of morpholine rings is 1. The highest BCUT2D eigenvalue weighted by Gasteiger charge is 2.36. The van der Waals surface area contributed by atoms with Gasteiger partial charge in [0, 0.05) is 31.9 Å². The molecule has 1 aliphatic rings. The van der Waals surface area contributed by atoms with Gasteiger partial charge in [-0.1, -0.05) is 0 Å². The molecule has 1 fully saturated rings. The van der Waals surface area contributed by atoms with Crippen molar-refractivity contribution in [3.05, 3.63) is 12.0 Å². The Balaban J connectivity index is 2.32. The summed E-state index contributed by atoms with van der Waals surface area (Å²) < 4.78 is 34.1. The summed E-state index contributed by atoms with van der Waals surface area (Å²) in [7, 11) is -3.60. The number of hydrogen-bond donors (Lipinski definition) is 1. The van der Waals surface area contributed by atoms with Gasteiger partial charge in [0.1, 0.15) is 5.82 Å². The van der Waals surface area contributed by atoms with E-state index in [0.717, 1.165) is 0 Å². The fourth-order valence-electron chi connectivity index (χ4n) is 2.31. The molecule has 2 atom stereocenters. The number of rotatable bonds is 4. The molecule has 7 nitrogen and oxygen atoms in total. The number of imidazole rings is 1. The Morgan fingerprint density at radius 1 is 1.55 bits per heavy atom. The smallest absolute Gasteiger partial charge is 0.262 e. The minimum absolute atomic E-state index is 0.0985. The fraction of sp³-hybridized carbons (Fsp3) is 0.750. The first-order chi connectivity index (χ1) is 9.40. The Hall–Kier alpha value is -0.960. The summed E-state index contributed by atoms with van der Waals surface area (Å²) in [5.41, 5.74) is 5.58. The molecule has 2 rings (SSSR count). The van der Waals surface area contributed by atoms with Crippen LogP contribution in [0.25, 0.3) is 0 Å². The van der Waals surface area contributed by atoms with E-state index in [0.29, 0.717) is 25.5 Å². The quantitative estimate of drug-likeness (QED) is 0.842. The average molecular weight is 302 g/mol. The lowest BCUT2D eigenvalue weighted by Gasteiger charge is -2.36. The maximum atomic E-state index is 12.7. The number of nitrogens with zero attached hydrogens (tertiary/aromatic N) is 3. The van der Waals surface area contributed by atoms with Crippen LogP contribution in [-0.4, -0.2) is 54.1 Å². The molecule has 2 heterocycles. The monoisotopic (exact) mass is 302 g/mol. The van der Waals surface area contributed by atoms with Gasteiger partial charge >= 0.3 is 0 Å². The van der Waals surface area contributed by atoms with Crippen LogP contribution in [0.1, 0.15) is 19.7 Å². The zero-order chi connectivity index (χ0) is 14.9. The van der Waals surface area contributed by atoms with E-state index in [-0.39, 0.29) is 23.7 Å². The molecule has 2 unspecified atom stereocenters. The molecule has 0 amide bonds. The van der Waals surface area contributed by atoms with Crippen molar-refractivity contribution in [2.45, 2.75) is 44.5 Å². The largest absolute Gasteiger partial charge is 0.374 e. The van der Waals surface area contributed by atoms with Gasteiger partial charge in [-0.3, -0.25) is 0 Å². The van der Waals surface area contributed by atoms with E-state index in [9.17, 15) is 8.42 Å². The molecule has 1 aromatic heterocycles. The van der Waals surface area contributed by atoms with Crippen LogP contribution in [0.15, 0.2) is 11.2 Å². The van der Waals surface area contributed by atoms with Crippen LogP contribution < -0.4 is 5.73 Å². The predicted molar refractivity (Wildman–Crippen MR) is 74.8 cm³/mol. The summed E-state index contributed by atoms with van der Waals surface area (Å²) in [6.07, 6.45) is 1.33. The van der Waals surface area contributed by atoms with Crippen molar-refractivity contribution in [1.29, 1.82) is 0 Å². The highest BCUT2D eigenvalue weighted by Crippen LogP contribution is 2.22. The van der Waals surface area contributed by atoms with Crippen LogP contribution in [0, 0.1) is 6.92 Å². The van der Waals surface area contributed by atoms with Gasteiger partial charge in [0.25, 0.3) is 10.0 Å². The lowest BCUT2D eigenvalue weighted by molar-refractivity contribution is -0.0220. The predicted octanol–water partition coefficient (Wildman–Crippen LogP) is -0.0519. The highest BCUT2D eigenvalue weighted by molar-refractivity contribution is 7.89. The van der Waals surface area contributed by atoms with Crippen LogP contribution in [-0.2, 0) is 21.3 Å². The second-order valence-corrected chi connectivity index (χ2v) is 6.86. The molecule has 8 heteroatoms. The van der Waals surface area contributed by atoms with Crippen LogP contribution in [0.3, 0.4) is 0 Å². The Bertz CT molecular complexity index is 569. The fourth-order valence-corrected chi connectivity index (χ4v) is 3.96. The van der Waals surface area contributed by atoms with Gasteiger partial charge in [0.2, 0.25) is 0 Å². The molecule has 0 aliphatic carbocycles. The summed E-state index contributed by atoms with van der Waals surface area (Å²) in [5, 5.41) is 0.0985. The molecule has 2 N–H and O–H groups in total. The lowest BCUT2D eigenvalue weighted by Crippen LogP contribution is -2.52.